The average Bonchev–Trinajstić information content (AvgIpc) is 2.17. The predicted octanol–water partition coefficient (Wildman–Crippen LogP) is 1.88. The average molecular weight is 205 g/mol. The van der Waals surface area contributed by atoms with Crippen LogP contribution in [-0.4, -0.2) is 35.3 Å². The van der Waals surface area contributed by atoms with Gasteiger partial charge in [0.05, 0.1) is 5.60 Å². The number of aliphatic hydroxyl groups is 1. The van der Waals surface area contributed by atoms with E-state index in [4.69, 9.17) is 0 Å². The minimum Gasteiger partial charge on any atom is -0.389 e. The van der Waals surface area contributed by atoms with Gasteiger partial charge in [0.25, 0.3) is 0 Å². The summed E-state index contributed by atoms with van der Waals surface area (Å²) in [6, 6.07) is 0. The lowest BCUT2D eigenvalue weighted by atomic mass is 9.98. The lowest BCUT2D eigenvalue weighted by Gasteiger charge is -2.26. The standard InChI is InChI=1S/C10H23NOS/c1-5-10(12,6-2)8-11-7-9(3)13-4/h9,11-12H,5-8H2,1-4H3. The maximum Gasteiger partial charge on any atom is 0.0766 e. The Morgan fingerprint density at radius 2 is 1.92 bits per heavy atom. The zero-order valence-corrected chi connectivity index (χ0v) is 10.1. The summed E-state index contributed by atoms with van der Waals surface area (Å²) in [4.78, 5) is 0. The van der Waals surface area contributed by atoms with Crippen molar-refractivity contribution in [2.75, 3.05) is 19.3 Å². The molecule has 0 aromatic heterocycles. The lowest BCUT2D eigenvalue weighted by molar-refractivity contribution is 0.0329. The molecule has 3 heteroatoms. The van der Waals surface area contributed by atoms with E-state index in [1.165, 1.54) is 0 Å². The van der Waals surface area contributed by atoms with Crippen LogP contribution in [0.1, 0.15) is 33.6 Å². The van der Waals surface area contributed by atoms with Crippen molar-refractivity contribution in [3.8, 4) is 0 Å². The Balaban J connectivity index is 3.61. The van der Waals surface area contributed by atoms with Gasteiger partial charge in [0.2, 0.25) is 0 Å². The fourth-order valence-corrected chi connectivity index (χ4v) is 1.38. The summed E-state index contributed by atoms with van der Waals surface area (Å²) in [5.41, 5.74) is -0.502. The quantitative estimate of drug-likeness (QED) is 0.665. The van der Waals surface area contributed by atoms with E-state index >= 15 is 0 Å². The summed E-state index contributed by atoms with van der Waals surface area (Å²) in [7, 11) is 0. The van der Waals surface area contributed by atoms with Crippen LogP contribution in [0.3, 0.4) is 0 Å². The molecule has 0 aliphatic heterocycles. The Hall–Kier alpha value is 0.270. The van der Waals surface area contributed by atoms with E-state index in [1.54, 1.807) is 0 Å². The van der Waals surface area contributed by atoms with E-state index in [9.17, 15) is 5.11 Å². The predicted molar refractivity (Wildman–Crippen MR) is 61.4 cm³/mol. The van der Waals surface area contributed by atoms with Gasteiger partial charge in [0, 0.05) is 18.3 Å². The molecule has 0 aliphatic carbocycles. The molecule has 0 radical (unpaired) electrons. The number of thioether (sulfide) groups is 1. The van der Waals surface area contributed by atoms with Gasteiger partial charge >= 0.3 is 0 Å². The maximum atomic E-state index is 9.95. The number of hydrogen-bond donors (Lipinski definition) is 2. The van der Waals surface area contributed by atoms with Gasteiger partial charge in [0.1, 0.15) is 0 Å². The molecule has 0 aliphatic rings. The van der Waals surface area contributed by atoms with E-state index < -0.39 is 5.60 Å². The summed E-state index contributed by atoms with van der Waals surface area (Å²) in [5.74, 6) is 0. The minimum absolute atomic E-state index is 0.502. The van der Waals surface area contributed by atoms with Crippen LogP contribution in [0, 0.1) is 0 Å². The van der Waals surface area contributed by atoms with E-state index in [0.29, 0.717) is 11.8 Å². The molecule has 0 fully saturated rings. The highest BCUT2D eigenvalue weighted by atomic mass is 32.2. The molecular weight excluding hydrogens is 182 g/mol. The van der Waals surface area contributed by atoms with Crippen molar-refractivity contribution in [1.29, 1.82) is 0 Å². The van der Waals surface area contributed by atoms with E-state index in [-0.39, 0.29) is 0 Å². The highest BCUT2D eigenvalue weighted by Crippen LogP contribution is 2.13. The van der Waals surface area contributed by atoms with E-state index in [1.807, 2.05) is 25.6 Å². The molecule has 0 aromatic carbocycles. The van der Waals surface area contributed by atoms with Crippen molar-refractivity contribution in [3.05, 3.63) is 0 Å². The van der Waals surface area contributed by atoms with Gasteiger partial charge in [-0.2, -0.15) is 11.8 Å². The Morgan fingerprint density at radius 1 is 1.38 bits per heavy atom. The van der Waals surface area contributed by atoms with Crippen molar-refractivity contribution >= 4 is 11.8 Å². The van der Waals surface area contributed by atoms with Gasteiger partial charge in [-0.05, 0) is 19.1 Å². The van der Waals surface area contributed by atoms with Gasteiger partial charge in [-0.1, -0.05) is 20.8 Å². The van der Waals surface area contributed by atoms with Crippen LogP contribution >= 0.6 is 11.8 Å². The highest BCUT2D eigenvalue weighted by Gasteiger charge is 2.21. The van der Waals surface area contributed by atoms with Gasteiger partial charge < -0.3 is 10.4 Å². The molecular formula is C10H23NOS. The first-order valence-electron chi connectivity index (χ1n) is 5.04. The molecule has 0 bridgehead atoms. The highest BCUT2D eigenvalue weighted by molar-refractivity contribution is 7.99. The van der Waals surface area contributed by atoms with Crippen LogP contribution in [0.25, 0.3) is 0 Å². The zero-order chi connectivity index (χ0) is 10.3. The van der Waals surface area contributed by atoms with Gasteiger partial charge in [0.15, 0.2) is 0 Å². The van der Waals surface area contributed by atoms with Gasteiger partial charge in [-0.25, -0.2) is 0 Å². The molecule has 80 valence electrons. The molecule has 0 spiro atoms. The summed E-state index contributed by atoms with van der Waals surface area (Å²) in [6.07, 6.45) is 3.76. The summed E-state index contributed by atoms with van der Waals surface area (Å²) < 4.78 is 0. The first-order chi connectivity index (χ1) is 6.08. The summed E-state index contributed by atoms with van der Waals surface area (Å²) in [6.45, 7) is 7.94. The largest absolute Gasteiger partial charge is 0.389 e. The van der Waals surface area contributed by atoms with E-state index in [0.717, 1.165) is 19.4 Å². The fraction of sp³-hybridized carbons (Fsp3) is 1.00. The molecule has 2 nitrogen and oxygen atoms in total. The van der Waals surface area contributed by atoms with Crippen LogP contribution in [0.2, 0.25) is 0 Å². The van der Waals surface area contributed by atoms with Crippen molar-refractivity contribution < 1.29 is 5.11 Å². The number of rotatable bonds is 7. The van der Waals surface area contributed by atoms with Crippen LogP contribution < -0.4 is 5.32 Å². The molecule has 13 heavy (non-hydrogen) atoms. The first kappa shape index (κ1) is 13.3. The molecule has 0 heterocycles. The maximum absolute atomic E-state index is 9.95. The van der Waals surface area contributed by atoms with Crippen molar-refractivity contribution in [2.45, 2.75) is 44.5 Å². The molecule has 0 saturated heterocycles. The molecule has 2 N–H and O–H groups in total. The van der Waals surface area contributed by atoms with Crippen molar-refractivity contribution in [2.24, 2.45) is 0 Å². The van der Waals surface area contributed by atoms with E-state index in [2.05, 4.69) is 18.5 Å². The topological polar surface area (TPSA) is 32.3 Å². The third-order valence-corrected chi connectivity index (χ3v) is 3.58. The SMILES string of the molecule is CCC(O)(CC)CNCC(C)SC. The smallest absolute Gasteiger partial charge is 0.0766 e. The van der Waals surface area contributed by atoms with Crippen LogP contribution in [0.5, 0.6) is 0 Å². The van der Waals surface area contributed by atoms with Gasteiger partial charge in [-0.15, -0.1) is 0 Å². The normalized spacial score (nSPS) is 14.5. The second-order valence-electron chi connectivity index (χ2n) is 3.61. The number of nitrogens with one attached hydrogen (secondary N) is 1. The monoisotopic (exact) mass is 205 g/mol. The Morgan fingerprint density at radius 3 is 2.31 bits per heavy atom. The molecule has 0 rings (SSSR count). The van der Waals surface area contributed by atoms with Gasteiger partial charge in [-0.3, -0.25) is 0 Å². The molecule has 1 unspecified atom stereocenters. The lowest BCUT2D eigenvalue weighted by Crippen LogP contribution is -2.41. The molecule has 0 saturated carbocycles. The Bertz CT molecular complexity index is 126. The molecule has 0 aromatic rings. The Labute approximate surface area is 86.5 Å². The summed E-state index contributed by atoms with van der Waals surface area (Å²) in [5, 5.41) is 13.9. The first-order valence-corrected chi connectivity index (χ1v) is 6.32. The van der Waals surface area contributed by atoms with Crippen LogP contribution in [0.15, 0.2) is 0 Å². The third kappa shape index (κ3) is 5.55. The second-order valence-corrected chi connectivity index (χ2v) is 4.88. The minimum atomic E-state index is -0.502. The van der Waals surface area contributed by atoms with Crippen LogP contribution in [-0.2, 0) is 0 Å². The second kappa shape index (κ2) is 6.68. The third-order valence-electron chi connectivity index (χ3n) is 2.60. The Kier molecular flexibility index (Phi) is 6.82. The summed E-state index contributed by atoms with van der Waals surface area (Å²) >= 11 is 1.85. The molecule has 1 atom stereocenters. The zero-order valence-electron chi connectivity index (χ0n) is 9.26. The fourth-order valence-electron chi connectivity index (χ4n) is 1.09. The van der Waals surface area contributed by atoms with Crippen LogP contribution in [0.4, 0.5) is 0 Å². The van der Waals surface area contributed by atoms with Crippen molar-refractivity contribution in [1.82, 2.24) is 5.32 Å². The van der Waals surface area contributed by atoms with Crippen molar-refractivity contribution in [3.63, 3.8) is 0 Å². The molecule has 0 amide bonds. The number of hydrogen-bond acceptors (Lipinski definition) is 3.